The van der Waals surface area contributed by atoms with Gasteiger partial charge in [0, 0.05) is 12.5 Å². The van der Waals surface area contributed by atoms with E-state index in [1.165, 1.54) is 19.2 Å². The molecule has 22 heavy (non-hydrogen) atoms. The molecule has 0 bridgehead atoms. The van der Waals surface area contributed by atoms with Gasteiger partial charge in [0.1, 0.15) is 6.04 Å². The lowest BCUT2D eigenvalue weighted by atomic mass is 10.2. The van der Waals surface area contributed by atoms with Gasteiger partial charge in [-0.05, 0) is 6.92 Å². The Bertz CT molecular complexity index is 540. The summed E-state index contributed by atoms with van der Waals surface area (Å²) in [7, 11) is -0.693. The first-order valence-electron chi connectivity index (χ1n) is 7.37. The number of rotatable bonds is 6. The van der Waals surface area contributed by atoms with Gasteiger partial charge in [-0.1, -0.05) is 60.8 Å². The molecule has 0 aliphatic carbocycles. The van der Waals surface area contributed by atoms with Crippen LogP contribution in [-0.2, 0) is 14.3 Å². The predicted molar refractivity (Wildman–Crippen MR) is 91.7 cm³/mol. The summed E-state index contributed by atoms with van der Waals surface area (Å²) in [4.78, 5) is 23.7. The molecular weight excluding hydrogens is 294 g/mol. The van der Waals surface area contributed by atoms with E-state index in [4.69, 9.17) is 4.74 Å². The van der Waals surface area contributed by atoms with Crippen LogP contribution in [0.3, 0.4) is 0 Å². The number of esters is 1. The van der Waals surface area contributed by atoms with E-state index in [1.807, 2.05) is 37.3 Å². The molecule has 1 N–H and O–H groups in total. The minimum Gasteiger partial charge on any atom is -0.467 e. The summed E-state index contributed by atoms with van der Waals surface area (Å²) in [6, 6.07) is 9.49. The summed E-state index contributed by atoms with van der Waals surface area (Å²) in [5, 5.41) is 4.00. The summed E-state index contributed by atoms with van der Waals surface area (Å²) < 4.78 is 4.91. The molecule has 0 aliphatic rings. The van der Waals surface area contributed by atoms with Crippen molar-refractivity contribution in [3.05, 3.63) is 42.5 Å². The highest BCUT2D eigenvalue weighted by Gasteiger charge is 2.41. The third-order valence-corrected chi connectivity index (χ3v) is 7.94. The molecule has 0 aliphatic heterocycles. The van der Waals surface area contributed by atoms with Crippen LogP contribution in [0.15, 0.2) is 42.5 Å². The van der Waals surface area contributed by atoms with E-state index in [9.17, 15) is 9.59 Å². The molecular formula is C17H25NO3Si. The zero-order valence-electron chi connectivity index (χ0n) is 13.9. The molecule has 0 saturated carbocycles. The summed E-state index contributed by atoms with van der Waals surface area (Å²) in [6.45, 7) is 7.74. The molecule has 0 saturated heterocycles. The second-order valence-electron chi connectivity index (χ2n) is 5.84. The number of nitrogens with one attached hydrogen (secondary N) is 1. The first-order chi connectivity index (χ1) is 10.3. The Balaban J connectivity index is 3.29. The average Bonchev–Trinajstić information content (AvgIpc) is 2.50. The van der Waals surface area contributed by atoms with Gasteiger partial charge in [-0.3, -0.25) is 4.79 Å². The van der Waals surface area contributed by atoms with Gasteiger partial charge >= 0.3 is 5.97 Å². The molecule has 1 aromatic carbocycles. The lowest BCUT2D eigenvalue weighted by Crippen LogP contribution is -2.56. The van der Waals surface area contributed by atoms with Crippen molar-refractivity contribution < 1.29 is 14.3 Å². The fourth-order valence-electron chi connectivity index (χ4n) is 2.68. The molecule has 0 spiro atoms. The topological polar surface area (TPSA) is 55.4 Å². The van der Waals surface area contributed by atoms with Gasteiger partial charge in [0.05, 0.1) is 15.2 Å². The van der Waals surface area contributed by atoms with E-state index < -0.39 is 20.1 Å². The highest BCUT2D eigenvalue weighted by Crippen LogP contribution is 2.28. The second-order valence-corrected chi connectivity index (χ2v) is 10.5. The molecule has 0 fully saturated rings. The van der Waals surface area contributed by atoms with Gasteiger partial charge in [-0.25, -0.2) is 4.79 Å². The van der Waals surface area contributed by atoms with Crippen LogP contribution in [0.2, 0.25) is 18.6 Å². The first-order valence-corrected chi connectivity index (χ1v) is 10.5. The first kappa shape index (κ1) is 18.2. The summed E-state index contributed by atoms with van der Waals surface area (Å²) in [5.41, 5.74) is -0.0868. The number of hydrogen-bond donors (Lipinski definition) is 1. The van der Waals surface area contributed by atoms with Crippen molar-refractivity contribution in [3.63, 3.8) is 0 Å². The van der Waals surface area contributed by atoms with Crippen molar-refractivity contribution in [2.45, 2.75) is 38.5 Å². The minimum absolute atomic E-state index is 0.0868. The van der Waals surface area contributed by atoms with Gasteiger partial charge in [0.25, 0.3) is 0 Å². The Morgan fingerprint density at radius 1 is 1.23 bits per heavy atom. The predicted octanol–water partition coefficient (Wildman–Crippen LogP) is 2.23. The van der Waals surface area contributed by atoms with Gasteiger partial charge in [0.15, 0.2) is 0 Å². The van der Waals surface area contributed by atoms with Gasteiger partial charge in [-0.2, -0.15) is 0 Å². The Labute approximate surface area is 133 Å². The number of carbonyl (C=O) groups excluding carboxylic acids is 2. The molecule has 1 amide bonds. The lowest BCUT2D eigenvalue weighted by Gasteiger charge is -2.35. The molecule has 1 aromatic rings. The normalized spacial score (nSPS) is 14.4. The number of allylic oxidation sites excluding steroid dienone is 1. The van der Waals surface area contributed by atoms with Crippen LogP contribution in [0.25, 0.3) is 0 Å². The van der Waals surface area contributed by atoms with E-state index in [0.717, 1.165) is 0 Å². The number of amides is 1. The van der Waals surface area contributed by atoms with Crippen molar-refractivity contribution in [3.8, 4) is 0 Å². The molecule has 120 valence electrons. The maximum atomic E-state index is 12.2. The molecule has 5 heteroatoms. The second kappa shape index (κ2) is 7.94. The summed E-state index contributed by atoms with van der Waals surface area (Å²) >= 11 is 0. The van der Waals surface area contributed by atoms with E-state index in [0.29, 0.717) is 0 Å². The van der Waals surface area contributed by atoms with E-state index >= 15 is 0 Å². The monoisotopic (exact) mass is 319 g/mol. The largest absolute Gasteiger partial charge is 0.467 e. The molecule has 4 nitrogen and oxygen atoms in total. The summed E-state index contributed by atoms with van der Waals surface area (Å²) in [6.07, 6.45) is 3.94. The molecule has 2 atom stereocenters. The lowest BCUT2D eigenvalue weighted by molar-refractivity contribution is -0.144. The zero-order valence-corrected chi connectivity index (χ0v) is 14.9. The maximum Gasteiger partial charge on any atom is 0.328 e. The highest BCUT2D eigenvalue weighted by molar-refractivity contribution is 6.91. The smallest absolute Gasteiger partial charge is 0.328 e. The Morgan fingerprint density at radius 2 is 1.82 bits per heavy atom. The molecule has 0 unspecified atom stereocenters. The minimum atomic E-state index is -2.04. The zero-order chi connectivity index (χ0) is 16.8. The SMILES string of the molecule is C/C=C/[C@H]([C@H](NC(C)=O)C(=O)OC)[Si](C)(C)c1ccccc1. The van der Waals surface area contributed by atoms with Crippen LogP contribution >= 0.6 is 0 Å². The fourth-order valence-corrected chi connectivity index (χ4v) is 5.84. The third-order valence-electron chi connectivity index (χ3n) is 3.92. The van der Waals surface area contributed by atoms with Gasteiger partial charge in [0.2, 0.25) is 5.91 Å². The number of methoxy groups -OCH3 is 1. The van der Waals surface area contributed by atoms with Crippen molar-refractivity contribution in [2.75, 3.05) is 7.11 Å². The molecule has 0 heterocycles. The molecule has 0 aromatic heterocycles. The number of hydrogen-bond acceptors (Lipinski definition) is 3. The quantitative estimate of drug-likeness (QED) is 0.497. The van der Waals surface area contributed by atoms with Crippen molar-refractivity contribution in [1.82, 2.24) is 5.32 Å². The number of carbonyl (C=O) groups is 2. The summed E-state index contributed by atoms with van der Waals surface area (Å²) in [5.74, 6) is -0.641. The van der Waals surface area contributed by atoms with Crippen LogP contribution in [0.5, 0.6) is 0 Å². The molecule has 0 radical (unpaired) electrons. The van der Waals surface area contributed by atoms with Crippen molar-refractivity contribution in [1.29, 1.82) is 0 Å². The van der Waals surface area contributed by atoms with Crippen molar-refractivity contribution in [2.24, 2.45) is 0 Å². The van der Waals surface area contributed by atoms with Gasteiger partial charge < -0.3 is 10.1 Å². The van der Waals surface area contributed by atoms with Crippen LogP contribution in [0.1, 0.15) is 13.8 Å². The standard InChI is InChI=1S/C17H25NO3Si/c1-6-10-15(16(17(20)21-3)18-13(2)19)22(4,5)14-11-8-7-9-12-14/h6-12,15-16H,1-5H3,(H,18,19)/b10-6+/t15-,16+/m1/s1. The fraction of sp³-hybridized carbons (Fsp3) is 0.412. The Morgan fingerprint density at radius 3 is 2.27 bits per heavy atom. The highest BCUT2D eigenvalue weighted by atomic mass is 28.3. The van der Waals surface area contributed by atoms with Gasteiger partial charge in [-0.15, -0.1) is 0 Å². The van der Waals surface area contributed by atoms with E-state index in [-0.39, 0.29) is 11.4 Å². The Hall–Kier alpha value is -1.88. The van der Waals surface area contributed by atoms with E-state index in [1.54, 1.807) is 0 Å². The van der Waals surface area contributed by atoms with Crippen LogP contribution in [0.4, 0.5) is 0 Å². The van der Waals surface area contributed by atoms with Crippen molar-refractivity contribution >= 4 is 25.1 Å². The van der Waals surface area contributed by atoms with E-state index in [2.05, 4.69) is 30.5 Å². The average molecular weight is 319 g/mol. The molecule has 1 rings (SSSR count). The van der Waals surface area contributed by atoms with Crippen LogP contribution in [-0.4, -0.2) is 33.1 Å². The number of benzene rings is 1. The van der Waals surface area contributed by atoms with Crippen LogP contribution < -0.4 is 10.5 Å². The Kier molecular flexibility index (Phi) is 6.55. The maximum absolute atomic E-state index is 12.2. The van der Waals surface area contributed by atoms with Crippen LogP contribution in [0, 0.1) is 0 Å². The number of ether oxygens (including phenoxy) is 1. The third kappa shape index (κ3) is 4.30.